The molecule has 0 aliphatic heterocycles. The van der Waals surface area contributed by atoms with E-state index in [1.807, 2.05) is 0 Å². The van der Waals surface area contributed by atoms with Crippen LogP contribution in [0.5, 0.6) is 5.75 Å². The molecular formula is C13H14F3NO4. The third-order valence-electron chi connectivity index (χ3n) is 2.60. The fourth-order valence-electron chi connectivity index (χ4n) is 1.48. The Labute approximate surface area is 118 Å². The summed E-state index contributed by atoms with van der Waals surface area (Å²) in [6.45, 7) is -0.230. The maximum absolute atomic E-state index is 12.9. The van der Waals surface area contributed by atoms with Crippen LogP contribution in [0.25, 0.3) is 0 Å². The van der Waals surface area contributed by atoms with Crippen molar-refractivity contribution in [2.24, 2.45) is 0 Å². The molecule has 1 amide bonds. The summed E-state index contributed by atoms with van der Waals surface area (Å²) in [4.78, 5) is 23.3. The van der Waals surface area contributed by atoms with Gasteiger partial charge < -0.3 is 14.7 Å². The number of carbonyl (C=O) groups is 2. The molecule has 0 bridgehead atoms. The molecule has 1 aromatic rings. The monoisotopic (exact) mass is 305 g/mol. The van der Waals surface area contributed by atoms with Crippen LogP contribution in [0.4, 0.5) is 13.2 Å². The van der Waals surface area contributed by atoms with Gasteiger partial charge in [0.05, 0.1) is 24.2 Å². The lowest BCUT2D eigenvalue weighted by Crippen LogP contribution is -2.23. The molecule has 8 heteroatoms. The number of carboxylic acid groups (broad SMARTS) is 1. The summed E-state index contributed by atoms with van der Waals surface area (Å²) in [5.74, 6) is -2.25. The smallest absolute Gasteiger partial charge is 0.419 e. The van der Waals surface area contributed by atoms with Crippen LogP contribution in [0.3, 0.4) is 0 Å². The van der Waals surface area contributed by atoms with Gasteiger partial charge >= 0.3 is 12.1 Å². The molecular weight excluding hydrogens is 291 g/mol. The van der Waals surface area contributed by atoms with E-state index < -0.39 is 29.0 Å². The number of carbonyl (C=O) groups excluding carboxylic acids is 1. The Morgan fingerprint density at radius 1 is 1.29 bits per heavy atom. The molecule has 0 aliphatic carbocycles. The Kier molecular flexibility index (Phi) is 5.17. The van der Waals surface area contributed by atoms with Crippen molar-refractivity contribution < 1.29 is 32.6 Å². The number of hydrogen-bond acceptors (Lipinski definition) is 3. The van der Waals surface area contributed by atoms with Crippen LogP contribution in [0, 0.1) is 0 Å². The summed E-state index contributed by atoms with van der Waals surface area (Å²) in [5.41, 5.74) is -1.67. The van der Waals surface area contributed by atoms with Crippen LogP contribution in [0.2, 0.25) is 0 Å². The minimum Gasteiger partial charge on any atom is -0.492 e. The number of aromatic carboxylic acids is 1. The minimum atomic E-state index is -4.74. The molecule has 0 atom stereocenters. The SMILES string of the molecule is CN(C)C(=O)CCOc1ccc(C(=O)O)cc1C(F)(F)F. The van der Waals surface area contributed by atoms with Crippen molar-refractivity contribution in [3.63, 3.8) is 0 Å². The topological polar surface area (TPSA) is 66.8 Å². The number of ether oxygens (including phenoxy) is 1. The highest BCUT2D eigenvalue weighted by atomic mass is 19.4. The molecule has 1 N–H and O–H groups in total. The lowest BCUT2D eigenvalue weighted by molar-refractivity contribution is -0.139. The van der Waals surface area contributed by atoms with E-state index in [4.69, 9.17) is 9.84 Å². The zero-order valence-electron chi connectivity index (χ0n) is 11.4. The van der Waals surface area contributed by atoms with E-state index in [-0.39, 0.29) is 18.9 Å². The second-order valence-electron chi connectivity index (χ2n) is 4.40. The van der Waals surface area contributed by atoms with Gasteiger partial charge in [0.1, 0.15) is 5.75 Å². The third-order valence-corrected chi connectivity index (χ3v) is 2.60. The lowest BCUT2D eigenvalue weighted by atomic mass is 10.1. The first-order valence-electron chi connectivity index (χ1n) is 5.90. The number of carboxylic acids is 1. The Balaban J connectivity index is 2.91. The van der Waals surface area contributed by atoms with Crippen LogP contribution in [0.15, 0.2) is 18.2 Å². The van der Waals surface area contributed by atoms with E-state index in [2.05, 4.69) is 0 Å². The first-order chi connectivity index (χ1) is 9.62. The molecule has 116 valence electrons. The van der Waals surface area contributed by atoms with Crippen molar-refractivity contribution in [1.29, 1.82) is 0 Å². The fourth-order valence-corrected chi connectivity index (χ4v) is 1.48. The van der Waals surface area contributed by atoms with Gasteiger partial charge in [-0.05, 0) is 18.2 Å². The quantitative estimate of drug-likeness (QED) is 0.906. The predicted molar refractivity (Wildman–Crippen MR) is 67.2 cm³/mol. The van der Waals surface area contributed by atoms with Crippen molar-refractivity contribution in [2.45, 2.75) is 12.6 Å². The van der Waals surface area contributed by atoms with Gasteiger partial charge in [-0.1, -0.05) is 0 Å². The largest absolute Gasteiger partial charge is 0.492 e. The number of amides is 1. The average Bonchev–Trinajstić information content (AvgIpc) is 2.37. The van der Waals surface area contributed by atoms with Gasteiger partial charge in [-0.15, -0.1) is 0 Å². The van der Waals surface area contributed by atoms with Crippen LogP contribution in [-0.4, -0.2) is 42.6 Å². The number of hydrogen-bond donors (Lipinski definition) is 1. The van der Waals surface area contributed by atoms with E-state index in [0.717, 1.165) is 12.1 Å². The van der Waals surface area contributed by atoms with Crippen molar-refractivity contribution in [2.75, 3.05) is 20.7 Å². The summed E-state index contributed by atoms with van der Waals surface area (Å²) < 4.78 is 43.5. The van der Waals surface area contributed by atoms with Crippen molar-refractivity contribution in [3.05, 3.63) is 29.3 Å². The van der Waals surface area contributed by atoms with Crippen molar-refractivity contribution in [3.8, 4) is 5.75 Å². The van der Waals surface area contributed by atoms with Gasteiger partial charge in [-0.2, -0.15) is 13.2 Å². The summed E-state index contributed by atoms with van der Waals surface area (Å²) in [5, 5.41) is 8.72. The van der Waals surface area contributed by atoms with E-state index >= 15 is 0 Å². The zero-order chi connectivity index (χ0) is 16.2. The predicted octanol–water partition coefficient (Wildman–Crippen LogP) is 2.26. The number of halogens is 3. The second kappa shape index (κ2) is 6.47. The Morgan fingerprint density at radius 2 is 1.90 bits per heavy atom. The van der Waals surface area contributed by atoms with Crippen LogP contribution in [0.1, 0.15) is 22.3 Å². The molecule has 0 heterocycles. The number of alkyl halides is 3. The average molecular weight is 305 g/mol. The van der Waals surface area contributed by atoms with Gasteiger partial charge in [0, 0.05) is 14.1 Å². The minimum absolute atomic E-state index is 0.0784. The highest BCUT2D eigenvalue weighted by Gasteiger charge is 2.35. The molecule has 0 aromatic heterocycles. The van der Waals surface area contributed by atoms with Crippen molar-refractivity contribution in [1.82, 2.24) is 4.90 Å². The van der Waals surface area contributed by atoms with Gasteiger partial charge in [-0.25, -0.2) is 4.79 Å². The second-order valence-corrected chi connectivity index (χ2v) is 4.40. The maximum atomic E-state index is 12.9. The van der Waals surface area contributed by atoms with Gasteiger partial charge in [0.25, 0.3) is 0 Å². The van der Waals surface area contributed by atoms with E-state index in [9.17, 15) is 22.8 Å². The number of rotatable bonds is 5. The third kappa shape index (κ3) is 4.66. The van der Waals surface area contributed by atoms with E-state index in [1.165, 1.54) is 19.0 Å². The van der Waals surface area contributed by atoms with Crippen molar-refractivity contribution >= 4 is 11.9 Å². The molecule has 21 heavy (non-hydrogen) atoms. The van der Waals surface area contributed by atoms with Gasteiger partial charge in [0.2, 0.25) is 5.91 Å². The van der Waals surface area contributed by atoms with Crippen LogP contribution >= 0.6 is 0 Å². The summed E-state index contributed by atoms with van der Waals surface area (Å²) in [6.07, 6.45) is -4.82. The molecule has 1 rings (SSSR count). The Hall–Kier alpha value is -2.25. The highest BCUT2D eigenvalue weighted by molar-refractivity contribution is 5.88. The molecule has 1 aromatic carbocycles. The Morgan fingerprint density at radius 3 is 2.38 bits per heavy atom. The molecule has 0 saturated carbocycles. The summed E-state index contributed by atoms with van der Waals surface area (Å²) in [7, 11) is 3.04. The van der Waals surface area contributed by atoms with Crippen LogP contribution < -0.4 is 4.74 Å². The standard InChI is InChI=1S/C13H14F3NO4/c1-17(2)11(18)5-6-21-10-4-3-8(12(19)20)7-9(10)13(14,15)16/h3-4,7H,5-6H2,1-2H3,(H,19,20). The molecule has 0 fully saturated rings. The molecule has 0 unspecified atom stereocenters. The molecule has 0 saturated heterocycles. The molecule has 0 spiro atoms. The maximum Gasteiger partial charge on any atom is 0.419 e. The molecule has 0 aliphatic rings. The molecule has 5 nitrogen and oxygen atoms in total. The summed E-state index contributed by atoms with van der Waals surface area (Å²) >= 11 is 0. The molecule has 0 radical (unpaired) electrons. The van der Waals surface area contributed by atoms with Crippen LogP contribution in [-0.2, 0) is 11.0 Å². The van der Waals surface area contributed by atoms with E-state index in [1.54, 1.807) is 0 Å². The Bertz CT molecular complexity index is 541. The normalized spacial score (nSPS) is 11.1. The first-order valence-corrected chi connectivity index (χ1v) is 5.90. The lowest BCUT2D eigenvalue weighted by Gasteiger charge is -2.15. The van der Waals surface area contributed by atoms with Gasteiger partial charge in [-0.3, -0.25) is 4.79 Å². The fraction of sp³-hybridized carbons (Fsp3) is 0.385. The number of benzene rings is 1. The van der Waals surface area contributed by atoms with Gasteiger partial charge in [0.15, 0.2) is 0 Å². The summed E-state index contributed by atoms with van der Waals surface area (Å²) in [6, 6.07) is 2.46. The highest BCUT2D eigenvalue weighted by Crippen LogP contribution is 2.36. The van der Waals surface area contributed by atoms with E-state index in [0.29, 0.717) is 6.07 Å². The first kappa shape index (κ1) is 16.8. The number of nitrogens with zero attached hydrogens (tertiary/aromatic N) is 1. The zero-order valence-corrected chi connectivity index (χ0v) is 11.4.